The number of pyridine rings is 1. The number of rotatable bonds is 4. The van der Waals surface area contributed by atoms with E-state index in [9.17, 15) is 4.79 Å². The topological polar surface area (TPSA) is 57.3 Å². The summed E-state index contributed by atoms with van der Waals surface area (Å²) in [6, 6.07) is 3.95. The number of aromatic nitrogens is 1. The molecule has 116 valence electrons. The van der Waals surface area contributed by atoms with Crippen LogP contribution in [-0.2, 0) is 6.42 Å². The Morgan fingerprint density at radius 3 is 2.86 bits per heavy atom. The van der Waals surface area contributed by atoms with Crippen LogP contribution in [0, 0.1) is 5.92 Å². The lowest BCUT2D eigenvalue weighted by molar-refractivity contribution is 0.0883. The number of carbonyl (C=O) groups is 1. The Hall–Kier alpha value is -1.62. The van der Waals surface area contributed by atoms with Crippen molar-refractivity contribution in [3.63, 3.8) is 0 Å². The molecule has 5 nitrogen and oxygen atoms in total. The molecule has 21 heavy (non-hydrogen) atoms. The lowest BCUT2D eigenvalue weighted by Crippen LogP contribution is -2.48. The second-order valence-electron chi connectivity index (χ2n) is 5.94. The quantitative estimate of drug-likeness (QED) is 0.887. The molecule has 1 amide bonds. The maximum atomic E-state index is 12.5. The molecule has 0 radical (unpaired) electrons. The van der Waals surface area contributed by atoms with Gasteiger partial charge in [0.05, 0.1) is 0 Å². The van der Waals surface area contributed by atoms with Crippen LogP contribution in [0.4, 0.5) is 5.82 Å². The van der Waals surface area contributed by atoms with Crippen molar-refractivity contribution in [1.82, 2.24) is 15.2 Å². The van der Waals surface area contributed by atoms with Crippen molar-refractivity contribution >= 4 is 11.7 Å². The fourth-order valence-corrected chi connectivity index (χ4v) is 2.85. The summed E-state index contributed by atoms with van der Waals surface area (Å²) in [4.78, 5) is 19.2. The number of anilines is 1. The van der Waals surface area contributed by atoms with E-state index < -0.39 is 0 Å². The standard InChI is InChI=1S/C16H26N4O/c1-5-13-8-12(9-15(17-3)18-13)16(21)19-14-6-7-20(4)10-11(14)2/h8-9,11,14H,5-7,10H2,1-4H3,(H,17,18)(H,19,21). The van der Waals surface area contributed by atoms with Crippen molar-refractivity contribution < 1.29 is 4.79 Å². The molecular weight excluding hydrogens is 264 g/mol. The summed E-state index contributed by atoms with van der Waals surface area (Å²) in [5, 5.41) is 6.20. The predicted molar refractivity (Wildman–Crippen MR) is 85.7 cm³/mol. The SMILES string of the molecule is CCc1cc(C(=O)NC2CCN(C)CC2C)cc(NC)n1. The van der Waals surface area contributed by atoms with E-state index in [1.165, 1.54) is 0 Å². The summed E-state index contributed by atoms with van der Waals surface area (Å²) in [6.07, 6.45) is 1.83. The zero-order valence-corrected chi connectivity index (χ0v) is 13.4. The molecular formula is C16H26N4O. The van der Waals surface area contributed by atoms with Crippen LogP contribution in [-0.4, -0.2) is 49.0 Å². The van der Waals surface area contributed by atoms with Gasteiger partial charge in [0.1, 0.15) is 5.82 Å². The number of nitrogens with zero attached hydrogens (tertiary/aromatic N) is 2. The van der Waals surface area contributed by atoms with Crippen LogP contribution in [0.15, 0.2) is 12.1 Å². The molecule has 2 N–H and O–H groups in total. The molecule has 1 fully saturated rings. The second kappa shape index (κ2) is 6.89. The Labute approximate surface area is 127 Å². The Morgan fingerprint density at radius 1 is 1.48 bits per heavy atom. The summed E-state index contributed by atoms with van der Waals surface area (Å²) in [6.45, 7) is 6.31. The Kier molecular flexibility index (Phi) is 5.17. The highest BCUT2D eigenvalue weighted by molar-refractivity contribution is 5.95. The number of nitrogens with one attached hydrogen (secondary N) is 2. The first-order valence-corrected chi connectivity index (χ1v) is 7.71. The van der Waals surface area contributed by atoms with Crippen molar-refractivity contribution in [3.05, 3.63) is 23.4 Å². The first-order chi connectivity index (χ1) is 10.0. The van der Waals surface area contributed by atoms with Crippen molar-refractivity contribution in [2.24, 2.45) is 5.92 Å². The van der Waals surface area contributed by atoms with Crippen LogP contribution in [0.25, 0.3) is 0 Å². The van der Waals surface area contributed by atoms with Gasteiger partial charge in [-0.05, 0) is 44.5 Å². The van der Waals surface area contributed by atoms with Crippen LogP contribution in [0.1, 0.15) is 36.3 Å². The Morgan fingerprint density at radius 2 is 2.24 bits per heavy atom. The summed E-state index contributed by atoms with van der Waals surface area (Å²) in [5.41, 5.74) is 1.63. The van der Waals surface area contributed by atoms with Gasteiger partial charge in [-0.25, -0.2) is 4.98 Å². The molecule has 1 aromatic rings. The third kappa shape index (κ3) is 3.94. The van der Waals surface area contributed by atoms with E-state index in [4.69, 9.17) is 0 Å². The molecule has 0 aromatic carbocycles. The number of likely N-dealkylation sites (tertiary alicyclic amines) is 1. The minimum atomic E-state index is 0.00463. The average Bonchev–Trinajstić information content (AvgIpc) is 2.49. The van der Waals surface area contributed by atoms with Crippen LogP contribution in [0.3, 0.4) is 0 Å². The van der Waals surface area contributed by atoms with E-state index in [1.807, 2.05) is 26.1 Å². The van der Waals surface area contributed by atoms with Gasteiger partial charge in [-0.3, -0.25) is 4.79 Å². The molecule has 1 aliphatic rings. The molecule has 1 saturated heterocycles. The van der Waals surface area contributed by atoms with E-state index in [-0.39, 0.29) is 11.9 Å². The van der Waals surface area contributed by atoms with Crippen molar-refractivity contribution in [3.8, 4) is 0 Å². The molecule has 0 aliphatic carbocycles. The molecule has 2 heterocycles. The van der Waals surface area contributed by atoms with E-state index in [0.717, 1.165) is 37.4 Å². The lowest BCUT2D eigenvalue weighted by atomic mass is 9.94. The third-order valence-electron chi connectivity index (χ3n) is 4.18. The molecule has 2 atom stereocenters. The molecule has 2 unspecified atom stereocenters. The van der Waals surface area contributed by atoms with Crippen LogP contribution < -0.4 is 10.6 Å². The van der Waals surface area contributed by atoms with Crippen LogP contribution in [0.2, 0.25) is 0 Å². The van der Waals surface area contributed by atoms with E-state index in [0.29, 0.717) is 11.5 Å². The number of hydrogen-bond acceptors (Lipinski definition) is 4. The zero-order valence-electron chi connectivity index (χ0n) is 13.4. The fourth-order valence-electron chi connectivity index (χ4n) is 2.85. The molecule has 1 aromatic heterocycles. The highest BCUT2D eigenvalue weighted by Crippen LogP contribution is 2.17. The monoisotopic (exact) mass is 290 g/mol. The van der Waals surface area contributed by atoms with Crippen molar-refractivity contribution in [2.45, 2.75) is 32.7 Å². The molecule has 2 rings (SSSR count). The lowest BCUT2D eigenvalue weighted by Gasteiger charge is -2.35. The van der Waals surface area contributed by atoms with Crippen molar-refractivity contribution in [2.75, 3.05) is 32.5 Å². The van der Waals surface area contributed by atoms with Gasteiger partial charge >= 0.3 is 0 Å². The summed E-state index contributed by atoms with van der Waals surface area (Å²) >= 11 is 0. The van der Waals surface area contributed by atoms with Crippen LogP contribution in [0.5, 0.6) is 0 Å². The van der Waals surface area contributed by atoms with Crippen LogP contribution >= 0.6 is 0 Å². The summed E-state index contributed by atoms with van der Waals surface area (Å²) in [5.74, 6) is 1.23. The van der Waals surface area contributed by atoms with E-state index in [2.05, 4.69) is 34.5 Å². The van der Waals surface area contributed by atoms with E-state index in [1.54, 1.807) is 0 Å². The number of carbonyl (C=O) groups excluding carboxylic acids is 1. The summed E-state index contributed by atoms with van der Waals surface area (Å²) < 4.78 is 0. The van der Waals surface area contributed by atoms with Gasteiger partial charge in [-0.2, -0.15) is 0 Å². The van der Waals surface area contributed by atoms with Gasteiger partial charge in [0.15, 0.2) is 0 Å². The average molecular weight is 290 g/mol. The number of aryl methyl sites for hydroxylation is 1. The van der Waals surface area contributed by atoms with Gasteiger partial charge in [0.25, 0.3) is 5.91 Å². The second-order valence-corrected chi connectivity index (χ2v) is 5.94. The largest absolute Gasteiger partial charge is 0.373 e. The minimum absolute atomic E-state index is 0.00463. The minimum Gasteiger partial charge on any atom is -0.373 e. The third-order valence-corrected chi connectivity index (χ3v) is 4.18. The fraction of sp³-hybridized carbons (Fsp3) is 0.625. The highest BCUT2D eigenvalue weighted by atomic mass is 16.1. The van der Waals surface area contributed by atoms with Gasteiger partial charge in [-0.1, -0.05) is 13.8 Å². The molecule has 0 saturated carbocycles. The van der Waals surface area contributed by atoms with Gasteiger partial charge in [-0.15, -0.1) is 0 Å². The van der Waals surface area contributed by atoms with Crippen molar-refractivity contribution in [1.29, 1.82) is 0 Å². The van der Waals surface area contributed by atoms with Gasteiger partial charge in [0, 0.05) is 30.9 Å². The number of hydrogen-bond donors (Lipinski definition) is 2. The smallest absolute Gasteiger partial charge is 0.251 e. The maximum Gasteiger partial charge on any atom is 0.251 e. The maximum absolute atomic E-state index is 12.5. The zero-order chi connectivity index (χ0) is 15.4. The van der Waals surface area contributed by atoms with Gasteiger partial charge in [0.2, 0.25) is 0 Å². The van der Waals surface area contributed by atoms with Gasteiger partial charge < -0.3 is 15.5 Å². The molecule has 0 spiro atoms. The summed E-state index contributed by atoms with van der Waals surface area (Å²) in [7, 11) is 3.95. The Bertz CT molecular complexity index is 481. The molecule has 0 bridgehead atoms. The highest BCUT2D eigenvalue weighted by Gasteiger charge is 2.26. The normalized spacial score (nSPS) is 22.9. The molecule has 1 aliphatic heterocycles. The predicted octanol–water partition coefficient (Wildman–Crippen LogP) is 1.76. The Balaban J connectivity index is 2.09. The van der Waals surface area contributed by atoms with E-state index >= 15 is 0 Å². The first-order valence-electron chi connectivity index (χ1n) is 7.71. The molecule has 5 heteroatoms. The number of amides is 1. The first kappa shape index (κ1) is 15.8. The number of piperidine rings is 1.